The summed E-state index contributed by atoms with van der Waals surface area (Å²) in [6.45, 7) is 2.42. The maximum atomic E-state index is 12.7. The van der Waals surface area contributed by atoms with Gasteiger partial charge in [0.2, 0.25) is 19.7 Å². The van der Waals surface area contributed by atoms with Crippen LogP contribution in [0, 0.1) is 0 Å². The maximum Gasteiger partial charge on any atom is 0.219 e. The molecule has 7 nitrogen and oxygen atoms in total. The summed E-state index contributed by atoms with van der Waals surface area (Å²) in [6, 6.07) is 12.7. The Morgan fingerprint density at radius 3 is 1.72 bits per heavy atom. The van der Waals surface area contributed by atoms with Gasteiger partial charge in [-0.25, -0.2) is 16.8 Å². The van der Waals surface area contributed by atoms with E-state index in [-0.39, 0.29) is 9.79 Å². The van der Waals surface area contributed by atoms with Gasteiger partial charge in [0.25, 0.3) is 0 Å². The summed E-state index contributed by atoms with van der Waals surface area (Å²) in [7, 11) is -4.89. The van der Waals surface area contributed by atoms with Crippen molar-refractivity contribution < 1.29 is 26.3 Å². The SMILES string of the molecule is COCCN(CCOC)c1ccc(C=C2S(=O)(=O)c3ccccc3S2(=O)=O)cc1. The van der Waals surface area contributed by atoms with Crippen LogP contribution in [-0.4, -0.2) is 57.4 Å². The second-order valence-corrected chi connectivity index (χ2v) is 10.5. The van der Waals surface area contributed by atoms with Crippen molar-refractivity contribution in [3.05, 3.63) is 58.3 Å². The first kappa shape index (κ1) is 21.5. The van der Waals surface area contributed by atoms with Gasteiger partial charge in [0.15, 0.2) is 4.24 Å². The van der Waals surface area contributed by atoms with E-state index in [2.05, 4.69) is 4.90 Å². The van der Waals surface area contributed by atoms with E-state index in [1.807, 2.05) is 12.1 Å². The van der Waals surface area contributed by atoms with Crippen LogP contribution in [0.2, 0.25) is 0 Å². The van der Waals surface area contributed by atoms with E-state index in [1.54, 1.807) is 26.4 Å². The predicted octanol–water partition coefficient (Wildman–Crippen LogP) is 2.35. The van der Waals surface area contributed by atoms with E-state index in [0.717, 1.165) is 5.69 Å². The first-order valence-corrected chi connectivity index (χ1v) is 11.9. The summed E-state index contributed by atoms with van der Waals surface area (Å²) in [5, 5.41) is 0. The van der Waals surface area contributed by atoms with Crippen molar-refractivity contribution in [2.75, 3.05) is 45.4 Å². The van der Waals surface area contributed by atoms with Crippen LogP contribution in [0.5, 0.6) is 0 Å². The number of sulfone groups is 2. The highest BCUT2D eigenvalue weighted by Crippen LogP contribution is 2.41. The molecule has 0 atom stereocenters. The Bertz CT molecular complexity index is 1040. The highest BCUT2D eigenvalue weighted by Gasteiger charge is 2.44. The van der Waals surface area contributed by atoms with Crippen LogP contribution in [0.1, 0.15) is 5.56 Å². The Balaban J connectivity index is 1.94. The molecule has 9 heteroatoms. The van der Waals surface area contributed by atoms with Gasteiger partial charge in [-0.2, -0.15) is 0 Å². The molecule has 0 bridgehead atoms. The number of hydrogen-bond acceptors (Lipinski definition) is 7. The summed E-state index contributed by atoms with van der Waals surface area (Å²) < 4.78 is 60.6. The first-order chi connectivity index (χ1) is 13.8. The number of fused-ring (bicyclic) bond motifs is 1. The fourth-order valence-corrected chi connectivity index (χ4v) is 7.65. The summed E-state index contributed by atoms with van der Waals surface area (Å²) in [4.78, 5) is 1.73. The topological polar surface area (TPSA) is 90.0 Å². The van der Waals surface area contributed by atoms with Crippen molar-refractivity contribution in [2.45, 2.75) is 9.79 Å². The molecule has 0 aromatic heterocycles. The van der Waals surface area contributed by atoms with Crippen molar-refractivity contribution in [2.24, 2.45) is 0 Å². The predicted molar refractivity (Wildman–Crippen MR) is 111 cm³/mol. The molecule has 1 aliphatic heterocycles. The standard InChI is InChI=1S/C20H23NO6S2/c1-26-13-11-21(12-14-27-2)17-9-7-16(8-10-17)15-20-28(22,23)18-5-3-4-6-19(18)29(20,24)25/h3-10,15H,11-14H2,1-2H3. The maximum absolute atomic E-state index is 12.7. The van der Waals surface area contributed by atoms with E-state index in [9.17, 15) is 16.8 Å². The Morgan fingerprint density at radius 1 is 0.793 bits per heavy atom. The molecule has 0 unspecified atom stereocenters. The van der Waals surface area contributed by atoms with E-state index < -0.39 is 23.9 Å². The van der Waals surface area contributed by atoms with Gasteiger partial charge in [0.05, 0.1) is 23.0 Å². The van der Waals surface area contributed by atoms with Gasteiger partial charge in [0.1, 0.15) is 0 Å². The lowest BCUT2D eigenvalue weighted by molar-refractivity contribution is 0.190. The third-order valence-corrected chi connectivity index (χ3v) is 9.24. The van der Waals surface area contributed by atoms with Crippen LogP contribution < -0.4 is 4.90 Å². The van der Waals surface area contributed by atoms with Crippen LogP contribution in [-0.2, 0) is 29.1 Å². The van der Waals surface area contributed by atoms with Crippen LogP contribution in [0.4, 0.5) is 5.69 Å². The zero-order chi connectivity index (χ0) is 21.1. The van der Waals surface area contributed by atoms with E-state index in [4.69, 9.17) is 9.47 Å². The van der Waals surface area contributed by atoms with Gasteiger partial charge in [-0.3, -0.25) is 0 Å². The molecule has 0 saturated carbocycles. The lowest BCUT2D eigenvalue weighted by atomic mass is 10.2. The van der Waals surface area contributed by atoms with Crippen molar-refractivity contribution in [1.82, 2.24) is 0 Å². The first-order valence-electron chi connectivity index (χ1n) is 8.96. The average Bonchev–Trinajstić information content (AvgIpc) is 2.86. The molecular weight excluding hydrogens is 414 g/mol. The molecule has 0 fully saturated rings. The van der Waals surface area contributed by atoms with Crippen LogP contribution in [0.3, 0.4) is 0 Å². The second kappa shape index (κ2) is 8.66. The van der Waals surface area contributed by atoms with Gasteiger partial charge in [0, 0.05) is 33.0 Å². The van der Waals surface area contributed by atoms with E-state index in [0.29, 0.717) is 31.9 Å². The molecular formula is C20H23NO6S2. The molecule has 0 spiro atoms. The van der Waals surface area contributed by atoms with Gasteiger partial charge < -0.3 is 14.4 Å². The van der Waals surface area contributed by atoms with Crippen molar-refractivity contribution in [1.29, 1.82) is 0 Å². The van der Waals surface area contributed by atoms with Crippen molar-refractivity contribution in [3.63, 3.8) is 0 Å². The number of nitrogens with zero attached hydrogens (tertiary/aromatic N) is 1. The number of methoxy groups -OCH3 is 2. The van der Waals surface area contributed by atoms with E-state index in [1.165, 1.54) is 30.3 Å². The van der Waals surface area contributed by atoms with E-state index >= 15 is 0 Å². The highest BCUT2D eigenvalue weighted by atomic mass is 32.3. The molecule has 2 aromatic carbocycles. The Kier molecular flexibility index (Phi) is 6.42. The third-order valence-electron chi connectivity index (χ3n) is 4.63. The van der Waals surface area contributed by atoms with Crippen molar-refractivity contribution >= 4 is 31.4 Å². The fourth-order valence-electron chi connectivity index (χ4n) is 3.10. The van der Waals surface area contributed by atoms with Crippen LogP contribution >= 0.6 is 0 Å². The molecule has 156 valence electrons. The zero-order valence-electron chi connectivity index (χ0n) is 16.2. The van der Waals surface area contributed by atoms with Crippen molar-refractivity contribution in [3.8, 4) is 0 Å². The number of ether oxygens (including phenoxy) is 2. The Morgan fingerprint density at radius 2 is 1.28 bits per heavy atom. The molecule has 0 aliphatic carbocycles. The Hall–Kier alpha value is -2.20. The summed E-state index contributed by atoms with van der Waals surface area (Å²) in [6.07, 6.45) is 1.21. The summed E-state index contributed by atoms with van der Waals surface area (Å²) in [5.41, 5.74) is 1.39. The molecule has 0 saturated heterocycles. The second-order valence-electron chi connectivity index (χ2n) is 6.48. The van der Waals surface area contributed by atoms with Crippen LogP contribution in [0.25, 0.3) is 6.08 Å². The van der Waals surface area contributed by atoms with Gasteiger partial charge in [-0.15, -0.1) is 0 Å². The highest BCUT2D eigenvalue weighted by molar-refractivity contribution is 8.17. The molecule has 1 aliphatic rings. The average molecular weight is 438 g/mol. The Labute approximate surface area is 171 Å². The molecule has 2 aromatic rings. The summed E-state index contributed by atoms with van der Waals surface area (Å²) in [5.74, 6) is 0. The quantitative estimate of drug-likeness (QED) is 0.626. The number of benzene rings is 2. The van der Waals surface area contributed by atoms with Crippen LogP contribution in [0.15, 0.2) is 62.6 Å². The third kappa shape index (κ3) is 4.23. The summed E-state index contributed by atoms with van der Waals surface area (Å²) >= 11 is 0. The molecule has 29 heavy (non-hydrogen) atoms. The molecule has 0 radical (unpaired) electrons. The number of rotatable bonds is 8. The lowest BCUT2D eigenvalue weighted by Gasteiger charge is -2.24. The molecule has 0 N–H and O–H groups in total. The minimum atomic E-state index is -4.07. The molecule has 0 amide bonds. The number of anilines is 1. The number of hydrogen-bond donors (Lipinski definition) is 0. The minimum absolute atomic E-state index is 0.173. The normalized spacial score (nSPS) is 16.4. The minimum Gasteiger partial charge on any atom is -0.383 e. The fraction of sp³-hybridized carbons (Fsp3) is 0.300. The molecule has 3 rings (SSSR count). The lowest BCUT2D eigenvalue weighted by Crippen LogP contribution is -2.30. The largest absolute Gasteiger partial charge is 0.383 e. The zero-order valence-corrected chi connectivity index (χ0v) is 17.9. The smallest absolute Gasteiger partial charge is 0.219 e. The monoisotopic (exact) mass is 437 g/mol. The van der Waals surface area contributed by atoms with Gasteiger partial charge in [-0.1, -0.05) is 24.3 Å². The van der Waals surface area contributed by atoms with Gasteiger partial charge in [-0.05, 0) is 35.9 Å². The van der Waals surface area contributed by atoms with Gasteiger partial charge >= 0.3 is 0 Å². The molecule has 1 heterocycles.